The predicted molar refractivity (Wildman–Crippen MR) is 94.0 cm³/mol. The standard InChI is InChI=1S/C17H40NP/c1-7-14-19(15-8-2,16-9-3)17-12-10-11-13-18(4,5)6/h7-17H2,1-6H3/q+2. The molecule has 0 aliphatic heterocycles. The monoisotopic (exact) mass is 289 g/mol. The van der Waals surface area contributed by atoms with Gasteiger partial charge in [-0.25, -0.2) is 0 Å². The Balaban J connectivity index is 4.10. The van der Waals surface area contributed by atoms with Gasteiger partial charge in [-0.2, -0.15) is 0 Å². The Morgan fingerprint density at radius 1 is 0.632 bits per heavy atom. The van der Waals surface area contributed by atoms with E-state index in [9.17, 15) is 0 Å². The minimum absolute atomic E-state index is 0.582. The van der Waals surface area contributed by atoms with E-state index in [2.05, 4.69) is 41.9 Å². The van der Waals surface area contributed by atoms with E-state index in [0.717, 1.165) is 4.48 Å². The molecule has 0 rings (SSSR count). The molecule has 0 spiro atoms. The van der Waals surface area contributed by atoms with E-state index in [4.69, 9.17) is 0 Å². The first-order valence-electron chi connectivity index (χ1n) is 8.54. The summed E-state index contributed by atoms with van der Waals surface area (Å²) in [6, 6.07) is 0. The van der Waals surface area contributed by atoms with Gasteiger partial charge in [0.1, 0.15) is 0 Å². The number of unbranched alkanes of at least 4 members (excludes halogenated alkanes) is 2. The van der Waals surface area contributed by atoms with Crippen molar-refractivity contribution in [1.29, 1.82) is 0 Å². The van der Waals surface area contributed by atoms with E-state index in [1.807, 2.05) is 0 Å². The highest BCUT2D eigenvalue weighted by atomic mass is 31.2. The zero-order chi connectivity index (χ0) is 14.8. The van der Waals surface area contributed by atoms with Gasteiger partial charge in [-0.1, -0.05) is 20.8 Å². The molecule has 0 saturated carbocycles. The van der Waals surface area contributed by atoms with Gasteiger partial charge in [-0.05, 0) is 38.5 Å². The second-order valence-corrected chi connectivity index (χ2v) is 11.8. The molecule has 0 amide bonds. The van der Waals surface area contributed by atoms with Crippen molar-refractivity contribution in [1.82, 2.24) is 0 Å². The molecular weight excluding hydrogens is 249 g/mol. The van der Waals surface area contributed by atoms with Gasteiger partial charge in [-0.15, -0.1) is 0 Å². The van der Waals surface area contributed by atoms with Crippen LogP contribution in [0.15, 0.2) is 0 Å². The first-order chi connectivity index (χ1) is 8.89. The number of nitrogens with zero attached hydrogens (tertiary/aromatic N) is 1. The van der Waals surface area contributed by atoms with Crippen LogP contribution in [0.1, 0.15) is 59.3 Å². The molecule has 0 fully saturated rings. The maximum atomic E-state index is 2.39. The quantitative estimate of drug-likeness (QED) is 0.266. The molecule has 0 aromatic carbocycles. The van der Waals surface area contributed by atoms with Gasteiger partial charge in [0.2, 0.25) is 0 Å². The predicted octanol–water partition coefficient (Wildman–Crippen LogP) is 5.11. The largest absolute Gasteiger partial charge is 0.331 e. The van der Waals surface area contributed by atoms with E-state index in [0.29, 0.717) is 0 Å². The lowest BCUT2D eigenvalue weighted by Gasteiger charge is -2.27. The summed E-state index contributed by atoms with van der Waals surface area (Å²) in [5.74, 6) is 0. The van der Waals surface area contributed by atoms with Gasteiger partial charge < -0.3 is 4.48 Å². The maximum absolute atomic E-state index is 2.39. The summed E-state index contributed by atoms with van der Waals surface area (Å²) in [7, 11) is 6.34. The number of rotatable bonds is 12. The molecule has 0 heterocycles. The molecule has 0 aromatic heterocycles. The number of hydrogen-bond acceptors (Lipinski definition) is 0. The summed E-state index contributed by atoms with van der Waals surface area (Å²) in [6.07, 6.45) is 14.8. The Kier molecular flexibility index (Phi) is 10.4. The second kappa shape index (κ2) is 10.2. The second-order valence-electron chi connectivity index (χ2n) is 7.31. The van der Waals surface area contributed by atoms with E-state index < -0.39 is 7.26 Å². The van der Waals surface area contributed by atoms with Crippen molar-refractivity contribution in [3.05, 3.63) is 0 Å². The van der Waals surface area contributed by atoms with Crippen LogP contribution in [0.2, 0.25) is 0 Å². The van der Waals surface area contributed by atoms with Gasteiger partial charge in [0, 0.05) is 7.26 Å². The highest BCUT2D eigenvalue weighted by molar-refractivity contribution is 7.75. The lowest BCUT2D eigenvalue weighted by Crippen LogP contribution is -2.35. The van der Waals surface area contributed by atoms with E-state index in [-0.39, 0.29) is 0 Å². The van der Waals surface area contributed by atoms with Gasteiger partial charge in [0.05, 0.1) is 52.3 Å². The highest BCUT2D eigenvalue weighted by Crippen LogP contribution is 2.60. The zero-order valence-electron chi connectivity index (χ0n) is 14.7. The molecule has 0 bridgehead atoms. The van der Waals surface area contributed by atoms with Crippen molar-refractivity contribution in [2.24, 2.45) is 0 Å². The number of quaternary nitrogens is 1. The Bertz CT molecular complexity index is 191. The molecule has 2 heteroatoms. The Morgan fingerprint density at radius 2 is 1.11 bits per heavy atom. The van der Waals surface area contributed by atoms with Crippen LogP contribution >= 0.6 is 7.26 Å². The lowest BCUT2D eigenvalue weighted by molar-refractivity contribution is -0.870. The van der Waals surface area contributed by atoms with Crippen molar-refractivity contribution in [3.63, 3.8) is 0 Å². The van der Waals surface area contributed by atoms with Crippen molar-refractivity contribution in [2.75, 3.05) is 52.3 Å². The van der Waals surface area contributed by atoms with Crippen molar-refractivity contribution in [3.8, 4) is 0 Å². The SMILES string of the molecule is CCC[P+](CCC)(CCC)CCCCC[N+](C)(C)C. The Labute approximate surface area is 124 Å². The normalized spacial score (nSPS) is 12.9. The Morgan fingerprint density at radius 3 is 1.47 bits per heavy atom. The molecule has 0 aliphatic carbocycles. The van der Waals surface area contributed by atoms with Gasteiger partial charge in [0.25, 0.3) is 0 Å². The fourth-order valence-electron chi connectivity index (χ4n) is 3.30. The van der Waals surface area contributed by atoms with Crippen LogP contribution in [0.3, 0.4) is 0 Å². The van der Waals surface area contributed by atoms with Crippen LogP contribution < -0.4 is 0 Å². The molecule has 0 aromatic rings. The Hall–Kier alpha value is 0.390. The molecule has 1 nitrogen and oxygen atoms in total. The molecule has 116 valence electrons. The molecule has 19 heavy (non-hydrogen) atoms. The highest BCUT2D eigenvalue weighted by Gasteiger charge is 2.33. The summed E-state index contributed by atoms with van der Waals surface area (Å²) < 4.78 is 1.12. The summed E-state index contributed by atoms with van der Waals surface area (Å²) in [5, 5.41) is 0. The summed E-state index contributed by atoms with van der Waals surface area (Å²) in [5.41, 5.74) is 0. The third kappa shape index (κ3) is 9.85. The minimum atomic E-state index is -0.582. The fraction of sp³-hybridized carbons (Fsp3) is 1.00. The van der Waals surface area contributed by atoms with Crippen LogP contribution in [-0.2, 0) is 0 Å². The van der Waals surface area contributed by atoms with E-state index >= 15 is 0 Å². The van der Waals surface area contributed by atoms with E-state index in [1.54, 1.807) is 24.6 Å². The molecule has 0 aliphatic rings. The first kappa shape index (κ1) is 19.4. The molecular formula is C17H40NP+2. The molecule has 0 radical (unpaired) electrons. The molecule has 0 saturated heterocycles. The molecule has 0 unspecified atom stereocenters. The smallest absolute Gasteiger partial charge is 0.0780 e. The van der Waals surface area contributed by atoms with Gasteiger partial charge >= 0.3 is 0 Å². The third-order valence-electron chi connectivity index (χ3n) is 4.06. The van der Waals surface area contributed by atoms with Crippen LogP contribution in [-0.4, -0.2) is 56.8 Å². The van der Waals surface area contributed by atoms with Crippen LogP contribution in [0.4, 0.5) is 0 Å². The summed E-state index contributed by atoms with van der Waals surface area (Å²) in [4.78, 5) is 0. The lowest BCUT2D eigenvalue weighted by atomic mass is 10.2. The zero-order valence-corrected chi connectivity index (χ0v) is 15.6. The summed E-state index contributed by atoms with van der Waals surface area (Å²) >= 11 is 0. The maximum Gasteiger partial charge on any atom is 0.0780 e. The molecule has 0 N–H and O–H groups in total. The molecule has 0 atom stereocenters. The average Bonchev–Trinajstić information content (AvgIpc) is 2.28. The average molecular weight is 289 g/mol. The number of hydrogen-bond donors (Lipinski definition) is 0. The first-order valence-corrected chi connectivity index (χ1v) is 11.1. The van der Waals surface area contributed by atoms with E-state index in [1.165, 1.54) is 45.1 Å². The van der Waals surface area contributed by atoms with Crippen LogP contribution in [0, 0.1) is 0 Å². The fourth-order valence-corrected chi connectivity index (χ4v) is 8.39. The van der Waals surface area contributed by atoms with Crippen LogP contribution in [0.25, 0.3) is 0 Å². The van der Waals surface area contributed by atoms with Crippen LogP contribution in [0.5, 0.6) is 0 Å². The van der Waals surface area contributed by atoms with Gasteiger partial charge in [0.15, 0.2) is 0 Å². The topological polar surface area (TPSA) is 0 Å². The minimum Gasteiger partial charge on any atom is -0.331 e. The summed E-state index contributed by atoms with van der Waals surface area (Å²) in [6.45, 7) is 8.49. The van der Waals surface area contributed by atoms with Gasteiger partial charge in [-0.3, -0.25) is 0 Å². The van der Waals surface area contributed by atoms with Crippen molar-refractivity contribution >= 4 is 7.26 Å². The van der Waals surface area contributed by atoms with Crippen molar-refractivity contribution < 1.29 is 4.48 Å². The van der Waals surface area contributed by atoms with Crippen molar-refractivity contribution in [2.45, 2.75) is 59.3 Å². The third-order valence-corrected chi connectivity index (χ3v) is 9.51.